The minimum Gasteiger partial charge on any atom is -0.489 e. The molecule has 0 atom stereocenters. The lowest BCUT2D eigenvalue weighted by Crippen LogP contribution is -2.18. The number of hydrogen-bond donors (Lipinski definition) is 1. The average Bonchev–Trinajstić information content (AvgIpc) is 2.56. The van der Waals surface area contributed by atoms with Crippen LogP contribution in [-0.4, -0.2) is 23.4 Å². The third-order valence-electron chi connectivity index (χ3n) is 3.49. The van der Waals surface area contributed by atoms with Crippen LogP contribution in [0.5, 0.6) is 5.75 Å². The van der Waals surface area contributed by atoms with Crippen molar-refractivity contribution in [3.63, 3.8) is 0 Å². The van der Waals surface area contributed by atoms with E-state index in [9.17, 15) is 9.90 Å². The second-order valence-corrected chi connectivity index (χ2v) is 5.38. The van der Waals surface area contributed by atoms with E-state index < -0.39 is 5.97 Å². The molecule has 2 rings (SSSR count). The van der Waals surface area contributed by atoms with Gasteiger partial charge in [-0.3, -0.25) is 0 Å². The zero-order valence-electron chi connectivity index (χ0n) is 14.1. The van der Waals surface area contributed by atoms with Gasteiger partial charge < -0.3 is 14.7 Å². The van der Waals surface area contributed by atoms with Crippen LogP contribution in [-0.2, 0) is 16.2 Å². The fraction of sp³-hybridized carbons (Fsp3) is 0.263. The molecule has 0 aliphatic heterocycles. The van der Waals surface area contributed by atoms with E-state index in [1.807, 2.05) is 44.2 Å². The molecule has 1 N–H and O–H groups in total. The summed E-state index contributed by atoms with van der Waals surface area (Å²) in [7, 11) is 0. The number of carboxylic acids is 1. The summed E-state index contributed by atoms with van der Waals surface area (Å²) >= 11 is 0. The molecule has 0 heterocycles. The van der Waals surface area contributed by atoms with Crippen LogP contribution in [0.3, 0.4) is 0 Å². The molecular formula is C19H21NO4. The largest absolute Gasteiger partial charge is 0.489 e. The fourth-order valence-corrected chi connectivity index (χ4v) is 2.23. The molecule has 5 nitrogen and oxygen atoms in total. The second-order valence-electron chi connectivity index (χ2n) is 5.38. The molecule has 0 saturated carbocycles. The van der Waals surface area contributed by atoms with Gasteiger partial charge in [0.2, 0.25) is 0 Å². The molecule has 2 aromatic carbocycles. The molecule has 0 radical (unpaired) electrons. The molecular weight excluding hydrogens is 306 g/mol. The first-order chi connectivity index (χ1) is 11.5. The van der Waals surface area contributed by atoms with Crippen molar-refractivity contribution < 1.29 is 19.5 Å². The number of aliphatic carboxylic acids is 1. The van der Waals surface area contributed by atoms with Gasteiger partial charge in [-0.05, 0) is 43.5 Å². The van der Waals surface area contributed by atoms with Crippen molar-refractivity contribution in [1.82, 2.24) is 0 Å². The number of nitrogens with zero attached hydrogens (tertiary/aromatic N) is 1. The molecule has 0 spiro atoms. The van der Waals surface area contributed by atoms with Crippen LogP contribution < -0.4 is 4.74 Å². The van der Waals surface area contributed by atoms with E-state index in [0.717, 1.165) is 22.4 Å². The van der Waals surface area contributed by atoms with Gasteiger partial charge in [0.25, 0.3) is 0 Å². The quantitative estimate of drug-likeness (QED) is 0.622. The van der Waals surface area contributed by atoms with Crippen LogP contribution in [0.15, 0.2) is 47.6 Å². The topological polar surface area (TPSA) is 68.1 Å². The first-order valence-corrected chi connectivity index (χ1v) is 7.74. The van der Waals surface area contributed by atoms with Gasteiger partial charge >= 0.3 is 5.97 Å². The summed E-state index contributed by atoms with van der Waals surface area (Å²) in [5, 5.41) is 13.1. The number of benzene rings is 2. The normalized spacial score (nSPS) is 11.2. The SMILES string of the molecule is CCON=C(C(=O)O)c1ccccc1COc1cc(C)ccc1C. The van der Waals surface area contributed by atoms with Gasteiger partial charge in [0, 0.05) is 5.56 Å². The number of oxime groups is 1. The van der Waals surface area contributed by atoms with Gasteiger partial charge in [-0.25, -0.2) is 4.79 Å². The van der Waals surface area contributed by atoms with Crippen molar-refractivity contribution in [2.75, 3.05) is 6.61 Å². The van der Waals surface area contributed by atoms with Crippen LogP contribution in [0.2, 0.25) is 0 Å². The first-order valence-electron chi connectivity index (χ1n) is 7.74. The molecule has 24 heavy (non-hydrogen) atoms. The molecule has 0 aromatic heterocycles. The smallest absolute Gasteiger partial charge is 0.358 e. The van der Waals surface area contributed by atoms with Gasteiger partial charge in [0.15, 0.2) is 5.71 Å². The molecule has 0 aliphatic carbocycles. The molecule has 0 amide bonds. The molecule has 0 unspecified atom stereocenters. The Morgan fingerprint density at radius 3 is 2.62 bits per heavy atom. The highest BCUT2D eigenvalue weighted by Crippen LogP contribution is 2.21. The lowest BCUT2D eigenvalue weighted by Gasteiger charge is -2.13. The summed E-state index contributed by atoms with van der Waals surface area (Å²) in [6, 6.07) is 13.1. The van der Waals surface area contributed by atoms with Crippen LogP contribution in [0.25, 0.3) is 0 Å². The number of carbonyl (C=O) groups is 1. The van der Waals surface area contributed by atoms with E-state index in [4.69, 9.17) is 9.57 Å². The Bertz CT molecular complexity index is 753. The maximum Gasteiger partial charge on any atom is 0.358 e. The Morgan fingerprint density at radius 2 is 1.92 bits per heavy atom. The second kappa shape index (κ2) is 8.15. The van der Waals surface area contributed by atoms with E-state index in [2.05, 4.69) is 5.16 Å². The molecule has 0 saturated heterocycles. The van der Waals surface area contributed by atoms with Gasteiger partial charge in [0.1, 0.15) is 19.0 Å². The summed E-state index contributed by atoms with van der Waals surface area (Å²) in [6.45, 7) is 6.27. The fourth-order valence-electron chi connectivity index (χ4n) is 2.23. The maximum atomic E-state index is 11.5. The predicted octanol–water partition coefficient (Wildman–Crippen LogP) is 3.71. The van der Waals surface area contributed by atoms with E-state index in [0.29, 0.717) is 12.2 Å². The summed E-state index contributed by atoms with van der Waals surface area (Å²) < 4.78 is 5.89. The monoisotopic (exact) mass is 327 g/mol. The Morgan fingerprint density at radius 1 is 1.17 bits per heavy atom. The lowest BCUT2D eigenvalue weighted by molar-refractivity contribution is -0.129. The third-order valence-corrected chi connectivity index (χ3v) is 3.49. The minimum absolute atomic E-state index is 0.128. The highest BCUT2D eigenvalue weighted by atomic mass is 16.6. The van der Waals surface area contributed by atoms with Crippen molar-refractivity contribution in [3.8, 4) is 5.75 Å². The van der Waals surface area contributed by atoms with Crippen LogP contribution >= 0.6 is 0 Å². The van der Waals surface area contributed by atoms with E-state index in [1.165, 1.54) is 0 Å². The Kier molecular flexibility index (Phi) is 5.95. The van der Waals surface area contributed by atoms with Gasteiger partial charge in [-0.1, -0.05) is 41.6 Å². The predicted molar refractivity (Wildman–Crippen MR) is 92.5 cm³/mol. The molecule has 2 aromatic rings. The highest BCUT2D eigenvalue weighted by Gasteiger charge is 2.17. The van der Waals surface area contributed by atoms with E-state index >= 15 is 0 Å². The first kappa shape index (κ1) is 17.5. The van der Waals surface area contributed by atoms with Gasteiger partial charge in [0.05, 0.1) is 0 Å². The van der Waals surface area contributed by atoms with Crippen LogP contribution in [0, 0.1) is 13.8 Å². The molecule has 0 aliphatic rings. The van der Waals surface area contributed by atoms with E-state index in [-0.39, 0.29) is 12.3 Å². The Labute approximate surface area is 141 Å². The Hall–Kier alpha value is -2.82. The third kappa shape index (κ3) is 4.35. The van der Waals surface area contributed by atoms with Crippen molar-refractivity contribution >= 4 is 11.7 Å². The van der Waals surface area contributed by atoms with Crippen molar-refractivity contribution in [1.29, 1.82) is 0 Å². The van der Waals surface area contributed by atoms with Crippen molar-refractivity contribution in [2.24, 2.45) is 5.16 Å². The number of hydrogen-bond acceptors (Lipinski definition) is 4. The highest BCUT2D eigenvalue weighted by molar-refractivity contribution is 6.42. The van der Waals surface area contributed by atoms with Crippen molar-refractivity contribution in [2.45, 2.75) is 27.4 Å². The molecule has 0 fully saturated rings. The molecule has 126 valence electrons. The molecule has 0 bridgehead atoms. The number of rotatable bonds is 7. The number of ether oxygens (including phenoxy) is 1. The summed E-state index contributed by atoms with van der Waals surface area (Å²) in [5.41, 5.74) is 3.23. The Balaban J connectivity index is 2.28. The zero-order chi connectivity index (χ0) is 17.5. The summed E-state index contributed by atoms with van der Waals surface area (Å²) in [6.07, 6.45) is 0. The zero-order valence-corrected chi connectivity index (χ0v) is 14.1. The van der Waals surface area contributed by atoms with Crippen LogP contribution in [0.1, 0.15) is 29.2 Å². The van der Waals surface area contributed by atoms with Gasteiger partial charge in [-0.15, -0.1) is 0 Å². The number of aryl methyl sites for hydroxylation is 2. The number of carboxylic acid groups (broad SMARTS) is 1. The summed E-state index contributed by atoms with van der Waals surface area (Å²) in [5.74, 6) is -0.355. The summed E-state index contributed by atoms with van der Waals surface area (Å²) in [4.78, 5) is 16.4. The van der Waals surface area contributed by atoms with Gasteiger partial charge in [-0.2, -0.15) is 0 Å². The lowest BCUT2D eigenvalue weighted by atomic mass is 10.0. The average molecular weight is 327 g/mol. The van der Waals surface area contributed by atoms with Crippen molar-refractivity contribution in [3.05, 3.63) is 64.7 Å². The van der Waals surface area contributed by atoms with Crippen LogP contribution in [0.4, 0.5) is 0 Å². The minimum atomic E-state index is -1.14. The maximum absolute atomic E-state index is 11.5. The molecule has 5 heteroatoms. The van der Waals surface area contributed by atoms with E-state index in [1.54, 1.807) is 19.1 Å². The standard InChI is InChI=1S/C19H21NO4/c1-4-24-20-18(19(21)22)16-8-6-5-7-15(16)12-23-17-11-13(2)9-10-14(17)3/h5-11H,4,12H2,1-3H3,(H,21,22).